The second kappa shape index (κ2) is 5.47. The van der Waals surface area contributed by atoms with E-state index in [-0.39, 0.29) is 6.04 Å². The van der Waals surface area contributed by atoms with E-state index in [2.05, 4.69) is 29.6 Å². The van der Waals surface area contributed by atoms with Crippen LogP contribution in [0.25, 0.3) is 0 Å². The van der Waals surface area contributed by atoms with Crippen molar-refractivity contribution in [2.45, 2.75) is 44.1 Å². The molecule has 0 fully saturated rings. The first-order chi connectivity index (χ1) is 10.3. The van der Waals surface area contributed by atoms with Crippen molar-refractivity contribution in [3.8, 4) is 5.75 Å². The number of benzene rings is 1. The summed E-state index contributed by atoms with van der Waals surface area (Å²) < 4.78 is 5.96. The molecule has 0 saturated heterocycles. The molecule has 0 radical (unpaired) electrons. The van der Waals surface area contributed by atoms with Crippen molar-refractivity contribution in [1.82, 2.24) is 0 Å². The fourth-order valence-electron chi connectivity index (χ4n) is 3.79. The molecule has 1 aliphatic heterocycles. The number of thiophene rings is 1. The highest BCUT2D eigenvalue weighted by Gasteiger charge is 2.30. The van der Waals surface area contributed by atoms with Gasteiger partial charge in [0.15, 0.2) is 0 Å². The Kier molecular flexibility index (Phi) is 3.48. The molecule has 0 bridgehead atoms. The predicted molar refractivity (Wildman–Crippen MR) is 87.2 cm³/mol. The highest BCUT2D eigenvalue weighted by molar-refractivity contribution is 7.10. The Morgan fingerprint density at radius 2 is 2.14 bits per heavy atom. The van der Waals surface area contributed by atoms with Gasteiger partial charge in [-0.2, -0.15) is 0 Å². The monoisotopic (exact) mass is 299 g/mol. The molecule has 1 aromatic carbocycles. The zero-order valence-corrected chi connectivity index (χ0v) is 13.0. The molecule has 2 N–H and O–H groups in total. The molecule has 1 aliphatic carbocycles. The maximum absolute atomic E-state index is 6.69. The molecule has 2 nitrogen and oxygen atoms in total. The lowest BCUT2D eigenvalue weighted by molar-refractivity contribution is 0.281. The molecule has 2 atom stereocenters. The summed E-state index contributed by atoms with van der Waals surface area (Å²) >= 11 is 1.88. The van der Waals surface area contributed by atoms with Gasteiger partial charge in [0.25, 0.3) is 0 Å². The highest BCUT2D eigenvalue weighted by atomic mass is 32.1. The molecular formula is C18H21NOS. The topological polar surface area (TPSA) is 35.2 Å². The van der Waals surface area contributed by atoms with Crippen molar-refractivity contribution in [2.24, 2.45) is 5.73 Å². The van der Waals surface area contributed by atoms with Gasteiger partial charge in [-0.15, -0.1) is 11.3 Å². The quantitative estimate of drug-likeness (QED) is 0.902. The van der Waals surface area contributed by atoms with Crippen LogP contribution < -0.4 is 10.5 Å². The van der Waals surface area contributed by atoms with E-state index in [1.165, 1.54) is 40.8 Å². The fourth-order valence-corrected chi connectivity index (χ4v) is 4.79. The number of para-hydroxylation sites is 1. The lowest BCUT2D eigenvalue weighted by Gasteiger charge is -2.31. The van der Waals surface area contributed by atoms with E-state index in [1.807, 2.05) is 11.3 Å². The lowest BCUT2D eigenvalue weighted by Crippen LogP contribution is -2.24. The summed E-state index contributed by atoms with van der Waals surface area (Å²) in [5.41, 5.74) is 10.7. The Bertz CT molecular complexity index is 648. The Morgan fingerprint density at radius 1 is 1.19 bits per heavy atom. The maximum atomic E-state index is 6.69. The Hall–Kier alpha value is -1.32. The third kappa shape index (κ3) is 2.29. The summed E-state index contributed by atoms with van der Waals surface area (Å²) in [6, 6.07) is 8.81. The van der Waals surface area contributed by atoms with Gasteiger partial charge >= 0.3 is 0 Å². The molecule has 0 saturated carbocycles. The summed E-state index contributed by atoms with van der Waals surface area (Å²) in [7, 11) is 0. The van der Waals surface area contributed by atoms with Crippen LogP contribution in [0, 0.1) is 0 Å². The summed E-state index contributed by atoms with van der Waals surface area (Å²) in [5.74, 6) is 1.51. The molecule has 3 heteroatoms. The molecule has 2 aromatic rings. The largest absolute Gasteiger partial charge is 0.493 e. The maximum Gasteiger partial charge on any atom is 0.127 e. The number of hydrogen-bond donors (Lipinski definition) is 1. The van der Waals surface area contributed by atoms with E-state index in [0.29, 0.717) is 5.92 Å². The van der Waals surface area contributed by atoms with E-state index in [9.17, 15) is 0 Å². The first-order valence-corrected chi connectivity index (χ1v) is 8.79. The Labute approximate surface area is 129 Å². The van der Waals surface area contributed by atoms with Crippen LogP contribution in [0.1, 0.15) is 52.8 Å². The molecule has 4 rings (SSSR count). The van der Waals surface area contributed by atoms with Gasteiger partial charge in [-0.05, 0) is 54.7 Å². The smallest absolute Gasteiger partial charge is 0.127 e. The van der Waals surface area contributed by atoms with Crippen LogP contribution in [0.5, 0.6) is 5.75 Å². The summed E-state index contributed by atoms with van der Waals surface area (Å²) in [6.07, 6.45) is 5.89. The van der Waals surface area contributed by atoms with Crippen LogP contribution in [0.4, 0.5) is 0 Å². The number of aryl methyl sites for hydroxylation is 2. The van der Waals surface area contributed by atoms with Gasteiger partial charge in [0.05, 0.1) is 6.61 Å². The minimum absolute atomic E-state index is 0.0479. The Morgan fingerprint density at radius 3 is 3.10 bits per heavy atom. The van der Waals surface area contributed by atoms with Crippen molar-refractivity contribution in [2.75, 3.05) is 6.61 Å². The lowest BCUT2D eigenvalue weighted by atomic mass is 9.79. The van der Waals surface area contributed by atoms with E-state index in [1.54, 1.807) is 0 Å². The highest BCUT2D eigenvalue weighted by Crippen LogP contribution is 2.44. The molecule has 2 heterocycles. The minimum Gasteiger partial charge on any atom is -0.493 e. The Balaban J connectivity index is 1.72. The molecule has 21 heavy (non-hydrogen) atoms. The molecule has 0 amide bonds. The van der Waals surface area contributed by atoms with Gasteiger partial charge in [0.1, 0.15) is 5.75 Å². The first-order valence-electron chi connectivity index (χ1n) is 7.91. The summed E-state index contributed by atoms with van der Waals surface area (Å²) in [6.45, 7) is 0.825. The van der Waals surface area contributed by atoms with Gasteiger partial charge in [-0.3, -0.25) is 0 Å². The van der Waals surface area contributed by atoms with Crippen molar-refractivity contribution >= 4 is 11.3 Å². The van der Waals surface area contributed by atoms with Gasteiger partial charge in [-0.25, -0.2) is 0 Å². The number of fused-ring (bicyclic) bond motifs is 2. The predicted octanol–water partition coefficient (Wildman–Crippen LogP) is 4.19. The van der Waals surface area contributed by atoms with Crippen molar-refractivity contribution in [3.63, 3.8) is 0 Å². The van der Waals surface area contributed by atoms with Crippen LogP contribution in [0.2, 0.25) is 0 Å². The SMILES string of the molecule is NC(c1cccc2c1OCCC2)C1CCCc2sccc21. The second-order valence-corrected chi connectivity index (χ2v) is 7.11. The molecule has 2 unspecified atom stereocenters. The van der Waals surface area contributed by atoms with Crippen LogP contribution in [0.3, 0.4) is 0 Å². The van der Waals surface area contributed by atoms with Crippen LogP contribution >= 0.6 is 11.3 Å². The number of nitrogens with two attached hydrogens (primary N) is 1. The van der Waals surface area contributed by atoms with Gasteiger partial charge in [0.2, 0.25) is 0 Å². The van der Waals surface area contributed by atoms with E-state index >= 15 is 0 Å². The molecule has 0 spiro atoms. The fraction of sp³-hybridized carbons (Fsp3) is 0.444. The normalized spacial score (nSPS) is 22.0. The van der Waals surface area contributed by atoms with E-state index in [0.717, 1.165) is 25.2 Å². The second-order valence-electron chi connectivity index (χ2n) is 6.11. The van der Waals surface area contributed by atoms with E-state index < -0.39 is 0 Å². The minimum atomic E-state index is 0.0479. The van der Waals surface area contributed by atoms with Crippen LogP contribution in [-0.4, -0.2) is 6.61 Å². The number of ether oxygens (including phenoxy) is 1. The van der Waals surface area contributed by atoms with Gasteiger partial charge in [0, 0.05) is 22.4 Å². The summed E-state index contributed by atoms with van der Waals surface area (Å²) in [5, 5.41) is 2.21. The third-order valence-electron chi connectivity index (χ3n) is 4.85. The van der Waals surface area contributed by atoms with Crippen LogP contribution in [-0.2, 0) is 12.8 Å². The number of rotatable bonds is 2. The standard InChI is InChI=1S/C18H21NOS/c19-17(14-6-2-8-16-13(14)9-11-21-16)15-7-1-4-12-5-3-10-20-18(12)15/h1,4,7,9,11,14,17H,2-3,5-6,8,10,19H2. The van der Waals surface area contributed by atoms with Crippen molar-refractivity contribution in [3.05, 3.63) is 51.2 Å². The van der Waals surface area contributed by atoms with Crippen molar-refractivity contribution in [1.29, 1.82) is 0 Å². The molecule has 110 valence electrons. The van der Waals surface area contributed by atoms with E-state index in [4.69, 9.17) is 10.5 Å². The zero-order chi connectivity index (χ0) is 14.2. The number of hydrogen-bond acceptors (Lipinski definition) is 3. The van der Waals surface area contributed by atoms with Gasteiger partial charge in [-0.1, -0.05) is 18.2 Å². The molecular weight excluding hydrogens is 278 g/mol. The zero-order valence-electron chi connectivity index (χ0n) is 12.2. The van der Waals surface area contributed by atoms with Gasteiger partial charge < -0.3 is 10.5 Å². The molecule has 1 aromatic heterocycles. The average molecular weight is 299 g/mol. The van der Waals surface area contributed by atoms with Crippen molar-refractivity contribution < 1.29 is 4.74 Å². The molecule has 2 aliphatic rings. The average Bonchev–Trinajstić information content (AvgIpc) is 3.02. The van der Waals surface area contributed by atoms with Crippen LogP contribution in [0.15, 0.2) is 29.6 Å². The third-order valence-corrected chi connectivity index (χ3v) is 5.85. The first kappa shape index (κ1) is 13.4. The summed E-state index contributed by atoms with van der Waals surface area (Å²) in [4.78, 5) is 1.53.